The predicted octanol–water partition coefficient (Wildman–Crippen LogP) is 5.73. The van der Waals surface area contributed by atoms with Crippen molar-refractivity contribution in [2.75, 3.05) is 24.7 Å². The van der Waals surface area contributed by atoms with Crippen LogP contribution in [0.2, 0.25) is 5.02 Å². The summed E-state index contributed by atoms with van der Waals surface area (Å²) in [5.74, 6) is 0.581. The third-order valence-corrected chi connectivity index (χ3v) is 7.22. The topological polar surface area (TPSA) is 87.3 Å². The lowest BCUT2D eigenvalue weighted by molar-refractivity contribution is 0.0518. The van der Waals surface area contributed by atoms with Crippen molar-refractivity contribution >= 4 is 40.0 Å². The zero-order chi connectivity index (χ0) is 27.0. The second-order valence-corrected chi connectivity index (χ2v) is 10.4. The van der Waals surface area contributed by atoms with E-state index in [9.17, 15) is 4.79 Å². The molecule has 4 aromatic rings. The van der Waals surface area contributed by atoms with E-state index in [2.05, 4.69) is 45.8 Å². The molecular weight excluding hydrogens is 504 g/mol. The fraction of sp³-hybridized carbons (Fsp3) is 0.429. The van der Waals surface area contributed by atoms with Crippen molar-refractivity contribution < 1.29 is 14.3 Å². The molecule has 0 amide bonds. The Morgan fingerprint density at radius 2 is 2.00 bits per heavy atom. The van der Waals surface area contributed by atoms with Crippen LogP contribution >= 0.6 is 11.6 Å². The summed E-state index contributed by atoms with van der Waals surface area (Å²) in [6.45, 7) is 10.0. The van der Waals surface area contributed by atoms with Crippen LogP contribution in [0, 0.1) is 6.92 Å². The Kier molecular flexibility index (Phi) is 7.40. The summed E-state index contributed by atoms with van der Waals surface area (Å²) < 4.78 is 15.1. The highest BCUT2D eigenvalue weighted by atomic mass is 35.5. The lowest BCUT2D eigenvalue weighted by atomic mass is 10.1. The number of benzene rings is 2. The normalized spacial score (nSPS) is 15.5. The molecule has 1 aliphatic rings. The van der Waals surface area contributed by atoms with Gasteiger partial charge in [0.2, 0.25) is 0 Å². The van der Waals surface area contributed by atoms with Crippen molar-refractivity contribution in [1.29, 1.82) is 0 Å². The fourth-order valence-corrected chi connectivity index (χ4v) is 5.26. The molecule has 1 unspecified atom stereocenters. The highest BCUT2D eigenvalue weighted by Gasteiger charge is 2.32. The van der Waals surface area contributed by atoms with Crippen LogP contribution in [0.15, 0.2) is 36.4 Å². The van der Waals surface area contributed by atoms with Gasteiger partial charge in [0.05, 0.1) is 31.0 Å². The molecule has 200 valence electrons. The molecule has 0 bridgehead atoms. The van der Waals surface area contributed by atoms with Crippen LogP contribution in [-0.2, 0) is 23.1 Å². The molecular formula is C28H33ClN6O3. The summed E-state index contributed by atoms with van der Waals surface area (Å²) in [5, 5.41) is 9.18. The first kappa shape index (κ1) is 26.2. The van der Waals surface area contributed by atoms with Crippen LogP contribution in [0.1, 0.15) is 66.7 Å². The van der Waals surface area contributed by atoms with Crippen molar-refractivity contribution in [1.82, 2.24) is 24.5 Å². The monoisotopic (exact) mass is 536 g/mol. The maximum Gasteiger partial charge on any atom is 0.358 e. The van der Waals surface area contributed by atoms with Gasteiger partial charge in [-0.05, 0) is 76.1 Å². The first-order chi connectivity index (χ1) is 18.3. The molecule has 0 spiro atoms. The van der Waals surface area contributed by atoms with E-state index in [-0.39, 0.29) is 18.6 Å². The molecule has 38 heavy (non-hydrogen) atoms. The number of esters is 1. The number of fused-ring (bicyclic) bond motifs is 1. The Hall–Kier alpha value is -3.43. The van der Waals surface area contributed by atoms with E-state index < -0.39 is 5.97 Å². The second kappa shape index (κ2) is 10.7. The van der Waals surface area contributed by atoms with E-state index in [1.807, 2.05) is 45.2 Å². The number of ether oxygens (including phenoxy) is 2. The van der Waals surface area contributed by atoms with Gasteiger partial charge >= 0.3 is 5.97 Å². The van der Waals surface area contributed by atoms with Gasteiger partial charge in [0, 0.05) is 42.0 Å². The van der Waals surface area contributed by atoms with Crippen LogP contribution < -0.4 is 4.90 Å². The summed E-state index contributed by atoms with van der Waals surface area (Å²) in [6, 6.07) is 11.9. The number of imidazole rings is 1. The highest BCUT2D eigenvalue weighted by Crippen LogP contribution is 2.35. The summed E-state index contributed by atoms with van der Waals surface area (Å²) >= 11 is 6.25. The van der Waals surface area contributed by atoms with E-state index in [0.717, 1.165) is 45.9 Å². The van der Waals surface area contributed by atoms with Crippen molar-refractivity contribution in [3.63, 3.8) is 0 Å². The zero-order valence-electron chi connectivity index (χ0n) is 22.4. The summed E-state index contributed by atoms with van der Waals surface area (Å²) in [5.41, 5.74) is 5.81. The Morgan fingerprint density at radius 3 is 2.66 bits per heavy atom. The molecule has 5 rings (SSSR count). The molecule has 1 saturated heterocycles. The van der Waals surface area contributed by atoms with Crippen LogP contribution in [0.25, 0.3) is 11.0 Å². The fourth-order valence-electron chi connectivity index (χ4n) is 5.14. The largest absolute Gasteiger partial charge is 0.461 e. The molecule has 1 fully saturated rings. The van der Waals surface area contributed by atoms with E-state index in [1.54, 1.807) is 4.68 Å². The van der Waals surface area contributed by atoms with Gasteiger partial charge in [-0.15, -0.1) is 5.10 Å². The van der Waals surface area contributed by atoms with Crippen molar-refractivity contribution in [2.45, 2.75) is 52.6 Å². The zero-order valence-corrected chi connectivity index (χ0v) is 23.2. The minimum Gasteiger partial charge on any atom is -0.461 e. The van der Waals surface area contributed by atoms with Gasteiger partial charge in [-0.2, -0.15) is 0 Å². The van der Waals surface area contributed by atoms with E-state index >= 15 is 0 Å². The first-order valence-corrected chi connectivity index (χ1v) is 13.3. The van der Waals surface area contributed by atoms with Gasteiger partial charge in [0.1, 0.15) is 11.3 Å². The molecule has 0 radical (unpaired) electrons. The minimum atomic E-state index is -0.416. The number of carbonyl (C=O) groups excluding carboxylic acids is 1. The van der Waals surface area contributed by atoms with E-state index in [4.69, 9.17) is 26.1 Å². The number of aryl methyl sites for hydroxylation is 2. The highest BCUT2D eigenvalue weighted by molar-refractivity contribution is 6.30. The Bertz CT molecular complexity index is 1450. The SMILES string of the molecule is CCOC(=O)c1nc(C2CCOC2)n(C(C)C)c1CN(c1ccc(Cl)cc1)c1cc(C)c2nnn(C)c2c1. The minimum absolute atomic E-state index is 0.0776. The summed E-state index contributed by atoms with van der Waals surface area (Å²) in [6.07, 6.45) is 0.871. The lowest BCUT2D eigenvalue weighted by Crippen LogP contribution is -2.23. The molecule has 0 aliphatic carbocycles. The van der Waals surface area contributed by atoms with Crippen molar-refractivity contribution in [2.24, 2.45) is 7.05 Å². The maximum absolute atomic E-state index is 13.2. The lowest BCUT2D eigenvalue weighted by Gasteiger charge is -2.28. The number of nitrogens with zero attached hydrogens (tertiary/aromatic N) is 6. The van der Waals surface area contributed by atoms with Crippen LogP contribution in [0.3, 0.4) is 0 Å². The average molecular weight is 537 g/mol. The molecule has 2 aromatic carbocycles. The Morgan fingerprint density at radius 1 is 1.24 bits per heavy atom. The molecule has 3 heterocycles. The number of aromatic nitrogens is 5. The Balaban J connectivity index is 1.70. The van der Waals surface area contributed by atoms with Crippen LogP contribution in [0.5, 0.6) is 0 Å². The van der Waals surface area contributed by atoms with Gasteiger partial charge in [-0.1, -0.05) is 16.8 Å². The second-order valence-electron chi connectivity index (χ2n) is 9.92. The summed E-state index contributed by atoms with van der Waals surface area (Å²) in [4.78, 5) is 20.3. The van der Waals surface area contributed by atoms with Gasteiger partial charge in [0.25, 0.3) is 0 Å². The Labute approximate surface area is 227 Å². The van der Waals surface area contributed by atoms with Gasteiger partial charge in [0.15, 0.2) is 5.69 Å². The molecule has 0 saturated carbocycles. The van der Waals surface area contributed by atoms with E-state index in [0.29, 0.717) is 30.5 Å². The summed E-state index contributed by atoms with van der Waals surface area (Å²) in [7, 11) is 1.88. The molecule has 2 aromatic heterocycles. The number of rotatable bonds is 8. The molecule has 9 nitrogen and oxygen atoms in total. The van der Waals surface area contributed by atoms with Crippen LogP contribution in [-0.4, -0.2) is 50.3 Å². The molecule has 1 aliphatic heterocycles. The van der Waals surface area contributed by atoms with Gasteiger partial charge < -0.3 is 18.9 Å². The number of halogens is 1. The maximum atomic E-state index is 13.2. The average Bonchev–Trinajstić information content (AvgIpc) is 3.62. The number of carbonyl (C=O) groups is 1. The predicted molar refractivity (Wildman–Crippen MR) is 147 cm³/mol. The van der Waals surface area contributed by atoms with Crippen LogP contribution in [0.4, 0.5) is 11.4 Å². The van der Waals surface area contributed by atoms with E-state index in [1.165, 1.54) is 0 Å². The smallest absolute Gasteiger partial charge is 0.358 e. The molecule has 1 atom stereocenters. The quantitative estimate of drug-likeness (QED) is 0.266. The first-order valence-electron chi connectivity index (χ1n) is 13.0. The van der Waals surface area contributed by atoms with Gasteiger partial charge in [-0.3, -0.25) is 0 Å². The molecule has 10 heteroatoms. The number of hydrogen-bond donors (Lipinski definition) is 0. The van der Waals surface area contributed by atoms with Crippen molar-refractivity contribution in [3.8, 4) is 0 Å². The third-order valence-electron chi connectivity index (χ3n) is 6.97. The molecule has 0 N–H and O–H groups in total. The van der Waals surface area contributed by atoms with Gasteiger partial charge in [-0.25, -0.2) is 14.5 Å². The number of hydrogen-bond acceptors (Lipinski definition) is 7. The van der Waals surface area contributed by atoms with Crippen molar-refractivity contribution in [3.05, 3.63) is 64.2 Å². The third kappa shape index (κ3) is 4.88. The number of anilines is 2. The standard InChI is InChI=1S/C28H33ClN6O3/c1-6-38-28(36)26-24(35(17(2)3)27(30-26)19-11-12-37-16-19)15-34(21-9-7-20(29)8-10-21)22-13-18(4)25-23(14-22)33(5)32-31-25/h7-10,13-14,17,19H,6,11-12,15-16H2,1-5H3.